The van der Waals surface area contributed by atoms with Crippen LogP contribution in [0, 0.1) is 0 Å². The van der Waals surface area contributed by atoms with E-state index in [2.05, 4.69) is 4.98 Å². The van der Waals surface area contributed by atoms with E-state index >= 15 is 0 Å². The highest BCUT2D eigenvalue weighted by molar-refractivity contribution is 5.59. The molecule has 0 saturated heterocycles. The molecule has 0 amide bonds. The van der Waals surface area contributed by atoms with Crippen molar-refractivity contribution in [3.63, 3.8) is 0 Å². The van der Waals surface area contributed by atoms with Gasteiger partial charge in [0.15, 0.2) is 0 Å². The molecule has 1 aromatic heterocycles. The minimum Gasteiger partial charge on any atom is -0.256 e. The molecule has 0 radical (unpaired) electrons. The van der Waals surface area contributed by atoms with Crippen LogP contribution in [-0.4, -0.2) is 4.98 Å². The van der Waals surface area contributed by atoms with E-state index in [1.54, 1.807) is 6.20 Å². The first-order valence-corrected chi connectivity index (χ1v) is 6.25. The Bertz CT molecular complexity index is 707. The number of aromatic nitrogens is 1. The maximum Gasteiger partial charge on any atom is 0.0701 e. The molecule has 2 aromatic carbocycles. The van der Waals surface area contributed by atoms with Gasteiger partial charge in [0, 0.05) is 14.5 Å². The fourth-order valence-electron chi connectivity index (χ4n) is 1.95. The highest BCUT2D eigenvalue weighted by Crippen LogP contribution is 2.18. The zero-order valence-corrected chi connectivity index (χ0v) is 10.5. The predicted molar refractivity (Wildman–Crippen MR) is 78.9 cm³/mol. The average Bonchev–Trinajstić information content (AvgIpc) is 2.57. The Kier molecular flexibility index (Phi) is 2.75. The van der Waals surface area contributed by atoms with Crippen LogP contribution in [0.2, 0.25) is 0 Å². The van der Waals surface area contributed by atoms with Gasteiger partial charge in [0.1, 0.15) is 0 Å². The SMILES string of the molecule is [2H]C([2H])(c1ccccc1)c1ccc(-c2ccccn2)cc1. The normalized spacial score (nSPS) is 12.6. The summed E-state index contributed by atoms with van der Waals surface area (Å²) in [6.07, 6.45) is 0.260. The molecule has 1 heterocycles. The molecule has 0 aliphatic carbocycles. The summed E-state index contributed by atoms with van der Waals surface area (Å²) in [6.45, 7) is 0. The summed E-state index contributed by atoms with van der Waals surface area (Å²) >= 11 is 0. The highest BCUT2D eigenvalue weighted by Gasteiger charge is 1.99. The van der Waals surface area contributed by atoms with Gasteiger partial charge in [0.2, 0.25) is 0 Å². The van der Waals surface area contributed by atoms with Crippen molar-refractivity contribution < 1.29 is 2.74 Å². The maximum atomic E-state index is 8.33. The minimum atomic E-state index is -1.50. The first kappa shape index (κ1) is 9.51. The molecule has 0 N–H and O–H groups in total. The summed E-state index contributed by atoms with van der Waals surface area (Å²) in [4.78, 5) is 4.31. The molecule has 1 nitrogen and oxygen atoms in total. The van der Waals surface area contributed by atoms with Gasteiger partial charge in [-0.3, -0.25) is 4.98 Å². The molecule has 19 heavy (non-hydrogen) atoms. The standard InChI is InChI=1S/C18H15N/c1-2-6-15(7-3-1)14-16-9-11-17(12-10-16)18-8-4-5-13-19-18/h1-13H,14H2/i14D2. The van der Waals surface area contributed by atoms with Gasteiger partial charge in [0.25, 0.3) is 0 Å². The van der Waals surface area contributed by atoms with E-state index in [-0.39, 0.29) is 0 Å². The first-order valence-electron chi connectivity index (χ1n) is 7.25. The molecular weight excluding hydrogens is 230 g/mol. The molecule has 1 heteroatoms. The molecule has 3 rings (SSSR count). The molecule has 0 saturated carbocycles. The van der Waals surface area contributed by atoms with Crippen molar-refractivity contribution in [1.29, 1.82) is 0 Å². The highest BCUT2D eigenvalue weighted by atomic mass is 14.7. The number of hydrogen-bond donors (Lipinski definition) is 0. The summed E-state index contributed by atoms with van der Waals surface area (Å²) in [5.41, 5.74) is 3.19. The third-order valence-corrected chi connectivity index (χ3v) is 2.91. The minimum absolute atomic E-state index is 0.647. The lowest BCUT2D eigenvalue weighted by molar-refractivity contribution is 1.19. The molecule has 92 valence electrons. The van der Waals surface area contributed by atoms with Crippen molar-refractivity contribution >= 4 is 0 Å². The molecular formula is C18H15N. The van der Waals surface area contributed by atoms with Crippen LogP contribution >= 0.6 is 0 Å². The van der Waals surface area contributed by atoms with E-state index in [0.29, 0.717) is 11.1 Å². The summed E-state index contributed by atoms with van der Waals surface area (Å²) < 4.78 is 16.7. The molecule has 0 spiro atoms. The number of nitrogens with zero attached hydrogens (tertiary/aromatic N) is 1. The largest absolute Gasteiger partial charge is 0.256 e. The van der Waals surface area contributed by atoms with Gasteiger partial charge >= 0.3 is 0 Å². The second kappa shape index (κ2) is 5.49. The molecule has 0 atom stereocenters. The van der Waals surface area contributed by atoms with Crippen LogP contribution in [0.1, 0.15) is 13.9 Å². The molecule has 0 aliphatic rings. The van der Waals surface area contributed by atoms with Gasteiger partial charge < -0.3 is 0 Å². The summed E-state index contributed by atoms with van der Waals surface area (Å²) in [6, 6.07) is 22.5. The Morgan fingerprint density at radius 2 is 1.42 bits per heavy atom. The summed E-state index contributed by atoms with van der Waals surface area (Å²) in [5.74, 6) is 0. The smallest absolute Gasteiger partial charge is 0.0701 e. The van der Waals surface area contributed by atoms with Crippen LogP contribution < -0.4 is 0 Å². The number of hydrogen-bond acceptors (Lipinski definition) is 1. The predicted octanol–water partition coefficient (Wildman–Crippen LogP) is 4.34. The second-order valence-electron chi connectivity index (χ2n) is 4.28. The van der Waals surface area contributed by atoms with Gasteiger partial charge in [-0.05, 0) is 29.6 Å². The van der Waals surface area contributed by atoms with Crippen molar-refractivity contribution in [2.75, 3.05) is 0 Å². The zero-order valence-electron chi connectivity index (χ0n) is 12.5. The number of pyridine rings is 1. The fourth-order valence-corrected chi connectivity index (χ4v) is 1.95. The van der Waals surface area contributed by atoms with E-state index in [1.807, 2.05) is 72.8 Å². The van der Waals surface area contributed by atoms with E-state index in [4.69, 9.17) is 2.74 Å². The fraction of sp³-hybridized carbons (Fsp3) is 0.0556. The van der Waals surface area contributed by atoms with Gasteiger partial charge in [-0.2, -0.15) is 0 Å². The molecule has 0 unspecified atom stereocenters. The first-order chi connectivity index (χ1) is 10.2. The van der Waals surface area contributed by atoms with Gasteiger partial charge in [-0.25, -0.2) is 0 Å². The van der Waals surface area contributed by atoms with Gasteiger partial charge in [-0.1, -0.05) is 60.7 Å². The van der Waals surface area contributed by atoms with Crippen LogP contribution in [0.5, 0.6) is 0 Å². The van der Waals surface area contributed by atoms with Crippen LogP contribution in [0.15, 0.2) is 79.0 Å². The van der Waals surface area contributed by atoms with Crippen molar-refractivity contribution in [1.82, 2.24) is 4.98 Å². The van der Waals surface area contributed by atoms with Crippen molar-refractivity contribution in [3.8, 4) is 11.3 Å². The third-order valence-electron chi connectivity index (χ3n) is 2.91. The van der Waals surface area contributed by atoms with Gasteiger partial charge in [-0.15, -0.1) is 0 Å². The van der Waals surface area contributed by atoms with Crippen LogP contribution in [0.3, 0.4) is 0 Å². The topological polar surface area (TPSA) is 12.9 Å². The molecule has 3 aromatic rings. The maximum absolute atomic E-state index is 8.33. The number of rotatable bonds is 3. The van der Waals surface area contributed by atoms with E-state index in [0.717, 1.165) is 11.3 Å². The van der Waals surface area contributed by atoms with E-state index in [1.165, 1.54) is 0 Å². The quantitative estimate of drug-likeness (QED) is 0.671. The molecule has 0 bridgehead atoms. The Balaban J connectivity index is 1.94. The lowest BCUT2D eigenvalue weighted by Crippen LogP contribution is -1.88. The zero-order chi connectivity index (χ0) is 14.7. The van der Waals surface area contributed by atoms with Crippen LogP contribution in [0.25, 0.3) is 11.3 Å². The Morgan fingerprint density at radius 1 is 0.737 bits per heavy atom. The lowest BCUT2D eigenvalue weighted by Gasteiger charge is -2.04. The average molecular weight is 247 g/mol. The van der Waals surface area contributed by atoms with Crippen LogP contribution in [-0.2, 0) is 6.37 Å². The van der Waals surface area contributed by atoms with Crippen molar-refractivity contribution in [2.45, 2.75) is 6.37 Å². The van der Waals surface area contributed by atoms with Gasteiger partial charge in [0.05, 0.1) is 5.69 Å². The summed E-state index contributed by atoms with van der Waals surface area (Å²) in [5, 5.41) is 0. The Labute approximate surface area is 116 Å². The lowest BCUT2D eigenvalue weighted by atomic mass is 10.0. The molecule has 0 fully saturated rings. The monoisotopic (exact) mass is 247 g/mol. The van der Waals surface area contributed by atoms with E-state index < -0.39 is 6.37 Å². The van der Waals surface area contributed by atoms with E-state index in [9.17, 15) is 0 Å². The van der Waals surface area contributed by atoms with Crippen LogP contribution in [0.4, 0.5) is 0 Å². The third kappa shape index (κ3) is 2.89. The summed E-state index contributed by atoms with van der Waals surface area (Å²) in [7, 11) is 0. The van der Waals surface area contributed by atoms with Crippen molar-refractivity contribution in [2.24, 2.45) is 0 Å². The van der Waals surface area contributed by atoms with Crippen molar-refractivity contribution in [3.05, 3.63) is 90.1 Å². The molecule has 0 aliphatic heterocycles. The Morgan fingerprint density at radius 3 is 2.11 bits per heavy atom. The number of benzene rings is 2. The Hall–Kier alpha value is -2.41. The second-order valence-corrected chi connectivity index (χ2v) is 4.28.